The minimum atomic E-state index is -0.805. The van der Waals surface area contributed by atoms with E-state index in [1.807, 2.05) is 0 Å². The number of allylic oxidation sites excluding steroid dienone is 14. The van der Waals surface area contributed by atoms with Gasteiger partial charge in [-0.3, -0.25) is 14.4 Å². The number of rotatable bonds is 52. The van der Waals surface area contributed by atoms with Crippen molar-refractivity contribution < 1.29 is 28.6 Å². The second-order valence-electron chi connectivity index (χ2n) is 19.2. The van der Waals surface area contributed by atoms with Gasteiger partial charge in [0.25, 0.3) is 0 Å². The molecule has 0 aromatic heterocycles. The highest BCUT2D eigenvalue weighted by molar-refractivity contribution is 5.71. The molecule has 1 unspecified atom stereocenters. The molecular formula is C63H108O6. The molecule has 0 spiro atoms. The summed E-state index contributed by atoms with van der Waals surface area (Å²) in [6.45, 7) is 6.46. The molecule has 0 saturated carbocycles. The fourth-order valence-electron chi connectivity index (χ4n) is 7.99. The van der Waals surface area contributed by atoms with Gasteiger partial charge in [0.05, 0.1) is 0 Å². The van der Waals surface area contributed by atoms with Crippen LogP contribution in [-0.2, 0) is 28.6 Å². The van der Waals surface area contributed by atoms with Crippen molar-refractivity contribution in [3.05, 3.63) is 85.1 Å². The molecule has 0 radical (unpaired) electrons. The van der Waals surface area contributed by atoms with Crippen molar-refractivity contribution in [2.45, 2.75) is 284 Å². The van der Waals surface area contributed by atoms with E-state index < -0.39 is 6.10 Å². The van der Waals surface area contributed by atoms with Gasteiger partial charge >= 0.3 is 17.9 Å². The van der Waals surface area contributed by atoms with Crippen LogP contribution in [0.25, 0.3) is 0 Å². The van der Waals surface area contributed by atoms with Gasteiger partial charge < -0.3 is 14.2 Å². The standard InChI is InChI=1S/C63H108O6/c1-4-7-10-13-16-19-22-25-28-29-30-31-32-33-36-38-41-44-47-50-53-56-62(65)68-59-60(69-63(66)57-54-51-48-45-42-39-35-27-24-21-18-15-12-9-6-3)58-67-61(64)55-52-49-46-43-40-37-34-26-23-20-17-14-11-8-5-2/h9,12,17-18,20-21,26-27,29-30,34-35,42,45,60H,4-8,10-11,13-16,19,22-25,28,31-33,36-41,43-44,46-59H2,1-3H3/b12-9-,20-17-,21-18-,30-29-,34-26-,35-27-,45-42-. The van der Waals surface area contributed by atoms with Crippen LogP contribution in [0.15, 0.2) is 85.1 Å². The lowest BCUT2D eigenvalue weighted by atomic mass is 10.1. The van der Waals surface area contributed by atoms with Crippen LogP contribution in [0.2, 0.25) is 0 Å². The fraction of sp³-hybridized carbons (Fsp3) is 0.730. The smallest absolute Gasteiger partial charge is 0.306 e. The Balaban J connectivity index is 4.41. The molecule has 0 heterocycles. The highest BCUT2D eigenvalue weighted by Gasteiger charge is 2.19. The summed E-state index contributed by atoms with van der Waals surface area (Å²) in [4.78, 5) is 38.1. The summed E-state index contributed by atoms with van der Waals surface area (Å²) < 4.78 is 16.8. The molecule has 0 N–H and O–H groups in total. The number of unbranched alkanes of at least 4 members (excludes halogenated alkanes) is 27. The van der Waals surface area contributed by atoms with E-state index in [1.54, 1.807) is 0 Å². The van der Waals surface area contributed by atoms with Gasteiger partial charge in [0.15, 0.2) is 6.10 Å². The van der Waals surface area contributed by atoms with Gasteiger partial charge in [-0.1, -0.05) is 228 Å². The molecule has 0 aliphatic rings. The van der Waals surface area contributed by atoms with E-state index in [0.717, 1.165) is 103 Å². The van der Waals surface area contributed by atoms with Crippen molar-refractivity contribution in [2.24, 2.45) is 0 Å². The summed E-state index contributed by atoms with van der Waals surface area (Å²) >= 11 is 0. The summed E-state index contributed by atoms with van der Waals surface area (Å²) in [7, 11) is 0. The van der Waals surface area contributed by atoms with Crippen LogP contribution >= 0.6 is 0 Å². The van der Waals surface area contributed by atoms with Gasteiger partial charge in [-0.2, -0.15) is 0 Å². The van der Waals surface area contributed by atoms with Crippen molar-refractivity contribution in [1.29, 1.82) is 0 Å². The quantitative estimate of drug-likeness (QED) is 0.0262. The number of carbonyl (C=O) groups excluding carboxylic acids is 3. The number of hydrogen-bond acceptors (Lipinski definition) is 6. The first-order valence-corrected chi connectivity index (χ1v) is 29.1. The van der Waals surface area contributed by atoms with E-state index >= 15 is 0 Å². The molecule has 0 rings (SSSR count). The predicted octanol–water partition coefficient (Wildman–Crippen LogP) is 19.5. The van der Waals surface area contributed by atoms with Crippen LogP contribution in [0.4, 0.5) is 0 Å². The highest BCUT2D eigenvalue weighted by atomic mass is 16.6. The van der Waals surface area contributed by atoms with E-state index in [0.29, 0.717) is 19.3 Å². The first-order valence-electron chi connectivity index (χ1n) is 29.1. The Hall–Kier alpha value is -3.41. The molecule has 6 nitrogen and oxygen atoms in total. The summed E-state index contributed by atoms with van der Waals surface area (Å²) in [6.07, 6.45) is 74.4. The van der Waals surface area contributed by atoms with E-state index in [4.69, 9.17) is 14.2 Å². The molecule has 0 aromatic carbocycles. The largest absolute Gasteiger partial charge is 0.462 e. The lowest BCUT2D eigenvalue weighted by Gasteiger charge is -2.18. The molecule has 0 fully saturated rings. The van der Waals surface area contributed by atoms with Gasteiger partial charge in [0, 0.05) is 19.3 Å². The molecule has 0 aliphatic carbocycles. The zero-order valence-corrected chi connectivity index (χ0v) is 45.3. The van der Waals surface area contributed by atoms with Gasteiger partial charge in [-0.15, -0.1) is 0 Å². The molecule has 0 amide bonds. The third kappa shape index (κ3) is 55.4. The molecule has 0 bridgehead atoms. The zero-order valence-electron chi connectivity index (χ0n) is 45.3. The van der Waals surface area contributed by atoms with Gasteiger partial charge in [-0.05, 0) is 116 Å². The van der Waals surface area contributed by atoms with Crippen molar-refractivity contribution in [3.8, 4) is 0 Å². The second kappa shape index (κ2) is 57.2. The lowest BCUT2D eigenvalue weighted by Crippen LogP contribution is -2.30. The van der Waals surface area contributed by atoms with E-state index in [1.165, 1.54) is 128 Å². The minimum absolute atomic E-state index is 0.0987. The van der Waals surface area contributed by atoms with E-state index in [9.17, 15) is 14.4 Å². The number of esters is 3. The SMILES string of the molecule is CC/C=C\C/C=C\C/C=C\C/C=C\CCCCC(=O)OC(COC(=O)CCCCCCC/C=C\C/C=C\CCCCC)COC(=O)CCCCCCCCCCC/C=C\CCCCCCCCCC. The summed E-state index contributed by atoms with van der Waals surface area (Å²) in [5, 5.41) is 0. The van der Waals surface area contributed by atoms with Crippen molar-refractivity contribution in [3.63, 3.8) is 0 Å². The topological polar surface area (TPSA) is 78.9 Å². The average molecular weight is 962 g/mol. The monoisotopic (exact) mass is 961 g/mol. The zero-order chi connectivity index (χ0) is 50.0. The van der Waals surface area contributed by atoms with E-state index in [-0.39, 0.29) is 37.5 Å². The third-order valence-corrected chi connectivity index (χ3v) is 12.4. The maximum Gasteiger partial charge on any atom is 0.306 e. The molecule has 0 aromatic rings. The van der Waals surface area contributed by atoms with Crippen molar-refractivity contribution in [1.82, 2.24) is 0 Å². The summed E-state index contributed by atoms with van der Waals surface area (Å²) in [5.74, 6) is -0.952. The number of carbonyl (C=O) groups is 3. The first-order chi connectivity index (χ1) is 34.0. The molecule has 69 heavy (non-hydrogen) atoms. The molecule has 396 valence electrons. The maximum absolute atomic E-state index is 12.8. The molecule has 1 atom stereocenters. The minimum Gasteiger partial charge on any atom is -0.462 e. The predicted molar refractivity (Wildman–Crippen MR) is 297 cm³/mol. The van der Waals surface area contributed by atoms with Crippen molar-refractivity contribution >= 4 is 17.9 Å². The maximum atomic E-state index is 12.8. The normalized spacial score (nSPS) is 12.7. The first kappa shape index (κ1) is 65.6. The van der Waals surface area contributed by atoms with Crippen LogP contribution in [0, 0.1) is 0 Å². The summed E-state index contributed by atoms with van der Waals surface area (Å²) in [5.41, 5.74) is 0. The Morgan fingerprint density at radius 2 is 0.565 bits per heavy atom. The van der Waals surface area contributed by atoms with Gasteiger partial charge in [-0.25, -0.2) is 0 Å². The second-order valence-corrected chi connectivity index (χ2v) is 19.2. The molecular weight excluding hydrogens is 853 g/mol. The fourth-order valence-corrected chi connectivity index (χ4v) is 7.99. The lowest BCUT2D eigenvalue weighted by molar-refractivity contribution is -0.167. The van der Waals surface area contributed by atoms with Crippen LogP contribution in [-0.4, -0.2) is 37.2 Å². The Morgan fingerprint density at radius 1 is 0.304 bits per heavy atom. The van der Waals surface area contributed by atoms with Crippen LogP contribution in [0.5, 0.6) is 0 Å². The Bertz CT molecular complexity index is 1330. The van der Waals surface area contributed by atoms with Crippen LogP contribution in [0.1, 0.15) is 278 Å². The third-order valence-electron chi connectivity index (χ3n) is 12.4. The molecule has 6 heteroatoms. The molecule has 0 saturated heterocycles. The Kier molecular flexibility index (Phi) is 54.3. The van der Waals surface area contributed by atoms with Crippen LogP contribution in [0.3, 0.4) is 0 Å². The Morgan fingerprint density at radius 3 is 0.957 bits per heavy atom. The van der Waals surface area contributed by atoms with Gasteiger partial charge in [0.1, 0.15) is 13.2 Å². The molecule has 0 aliphatic heterocycles. The Labute approximate surface area is 426 Å². The number of ether oxygens (including phenoxy) is 3. The average Bonchev–Trinajstić information content (AvgIpc) is 3.35. The van der Waals surface area contributed by atoms with E-state index in [2.05, 4.69) is 106 Å². The van der Waals surface area contributed by atoms with Crippen LogP contribution < -0.4 is 0 Å². The highest BCUT2D eigenvalue weighted by Crippen LogP contribution is 2.15. The van der Waals surface area contributed by atoms with Gasteiger partial charge in [0.2, 0.25) is 0 Å². The number of hydrogen-bond donors (Lipinski definition) is 0. The van der Waals surface area contributed by atoms with Crippen molar-refractivity contribution in [2.75, 3.05) is 13.2 Å². The summed E-state index contributed by atoms with van der Waals surface area (Å²) in [6, 6.07) is 0.